The first-order valence-corrected chi connectivity index (χ1v) is 10.3. The number of aliphatic hydroxyl groups is 1. The third-order valence-corrected chi connectivity index (χ3v) is 6.95. The lowest BCUT2D eigenvalue weighted by molar-refractivity contribution is -0.247. The van der Waals surface area contributed by atoms with Crippen LogP contribution in [0.4, 0.5) is 0 Å². The number of epoxide rings is 1. The zero-order valence-corrected chi connectivity index (χ0v) is 17.6. The summed E-state index contributed by atoms with van der Waals surface area (Å²) >= 11 is 0. The van der Waals surface area contributed by atoms with Crippen LogP contribution in [0.15, 0.2) is 12.2 Å². The Morgan fingerprint density at radius 3 is 2.50 bits per heavy atom. The topological polar surface area (TPSA) is 59.1 Å². The molecule has 2 saturated heterocycles. The van der Waals surface area contributed by atoms with Crippen molar-refractivity contribution < 1.29 is 19.4 Å². The van der Waals surface area contributed by atoms with Crippen LogP contribution < -0.4 is 0 Å². The number of carbonyl (C=O) groups excluding carboxylic acids is 1. The van der Waals surface area contributed by atoms with Crippen LogP contribution in [0.5, 0.6) is 0 Å². The summed E-state index contributed by atoms with van der Waals surface area (Å²) in [5.41, 5.74) is -0.238. The van der Waals surface area contributed by atoms with Gasteiger partial charge in [-0.25, -0.2) is 0 Å². The number of ketones is 1. The second-order valence-electron chi connectivity index (χ2n) is 8.71. The highest BCUT2D eigenvalue weighted by molar-refractivity contribution is 5.84. The van der Waals surface area contributed by atoms with E-state index < -0.39 is 5.79 Å². The smallest absolute Gasteiger partial charge is 0.165 e. The van der Waals surface area contributed by atoms with Crippen LogP contribution in [0.25, 0.3) is 0 Å². The Morgan fingerprint density at radius 2 is 2.00 bits per heavy atom. The Balaban J connectivity index is 2.07. The summed E-state index contributed by atoms with van der Waals surface area (Å²) in [6, 6.07) is 0. The zero-order valence-electron chi connectivity index (χ0n) is 17.6. The molecule has 0 aromatic carbocycles. The van der Waals surface area contributed by atoms with Gasteiger partial charge in [-0.3, -0.25) is 4.79 Å². The quantitative estimate of drug-likeness (QED) is 0.512. The third kappa shape index (κ3) is 4.07. The maximum Gasteiger partial charge on any atom is 0.165 e. The van der Waals surface area contributed by atoms with Crippen molar-refractivity contribution >= 4 is 5.78 Å². The van der Waals surface area contributed by atoms with Crippen LogP contribution in [0.1, 0.15) is 67.7 Å². The van der Waals surface area contributed by atoms with Crippen molar-refractivity contribution in [2.75, 3.05) is 6.61 Å². The minimum atomic E-state index is -1.07. The summed E-state index contributed by atoms with van der Waals surface area (Å²) in [5.74, 6) is -0.307. The minimum Gasteiger partial charge on any atom is -0.365 e. The minimum absolute atomic E-state index is 0.0355. The van der Waals surface area contributed by atoms with Gasteiger partial charge in [0.05, 0.1) is 18.3 Å². The first-order valence-electron chi connectivity index (χ1n) is 10.3. The van der Waals surface area contributed by atoms with E-state index in [-0.39, 0.29) is 41.2 Å². The van der Waals surface area contributed by atoms with E-state index in [2.05, 4.69) is 46.8 Å². The highest BCUT2D eigenvalue weighted by atomic mass is 16.6. The molecule has 8 atom stereocenters. The third-order valence-electron chi connectivity index (χ3n) is 6.95. The monoisotopic (exact) mass is 366 g/mol. The molecule has 1 N–H and O–H groups in total. The summed E-state index contributed by atoms with van der Waals surface area (Å²) in [7, 11) is 0. The summed E-state index contributed by atoms with van der Waals surface area (Å²) in [6.07, 6.45) is 6.32. The second-order valence-corrected chi connectivity index (χ2v) is 8.71. The van der Waals surface area contributed by atoms with Crippen molar-refractivity contribution in [3.63, 3.8) is 0 Å². The standard InChI is InChI=1S/C22H38O4/c1-8-11-14(4)20-21(7,26-20)16(6)17(9-2)19(23)18-13-25-22(24,10-3)12-15(18)5/h8,11,14-18,20,24H,9-10,12-13H2,1-7H3/b11-8-/t14-,15?,16-,17+,18?,20+,21+,22?/m0/s1. The Kier molecular flexibility index (Phi) is 6.74. The second kappa shape index (κ2) is 8.12. The highest BCUT2D eigenvalue weighted by Gasteiger charge is 2.60. The van der Waals surface area contributed by atoms with E-state index >= 15 is 0 Å². The van der Waals surface area contributed by atoms with Crippen LogP contribution in [-0.2, 0) is 14.3 Å². The molecule has 2 aliphatic heterocycles. The van der Waals surface area contributed by atoms with Crippen LogP contribution in [-0.4, -0.2) is 35.0 Å². The number of Topliss-reactive ketones (excluding diaryl/α,β-unsaturated/α-hetero) is 1. The molecule has 150 valence electrons. The molecule has 0 aromatic rings. The fourth-order valence-electron chi connectivity index (χ4n) is 4.84. The van der Waals surface area contributed by atoms with E-state index in [9.17, 15) is 9.90 Å². The lowest BCUT2D eigenvalue weighted by atomic mass is 9.71. The summed E-state index contributed by atoms with van der Waals surface area (Å²) in [4.78, 5) is 13.3. The largest absolute Gasteiger partial charge is 0.365 e. The number of allylic oxidation sites excluding steroid dienone is 1. The molecule has 4 nitrogen and oxygen atoms in total. The van der Waals surface area contributed by atoms with Crippen molar-refractivity contribution in [3.8, 4) is 0 Å². The van der Waals surface area contributed by atoms with E-state index in [0.717, 1.165) is 6.42 Å². The van der Waals surface area contributed by atoms with Crippen molar-refractivity contribution in [2.24, 2.45) is 29.6 Å². The molecule has 2 heterocycles. The molecule has 26 heavy (non-hydrogen) atoms. The fraction of sp³-hybridized carbons (Fsp3) is 0.864. The van der Waals surface area contributed by atoms with Crippen LogP contribution in [0.2, 0.25) is 0 Å². The van der Waals surface area contributed by atoms with Gasteiger partial charge in [0.25, 0.3) is 0 Å². The van der Waals surface area contributed by atoms with E-state index in [1.165, 1.54) is 0 Å². The SMILES string of the molecule is C/C=C\[C@H](C)[C@H]1O[C@]1(C)[C@@H](C)[C@@H](CC)C(=O)C1COC(O)(CC)CC1C. The fourth-order valence-corrected chi connectivity index (χ4v) is 4.84. The molecule has 2 aliphatic rings. The molecular formula is C22H38O4. The van der Waals surface area contributed by atoms with E-state index in [1.807, 2.05) is 13.8 Å². The number of ether oxygens (including phenoxy) is 2. The maximum absolute atomic E-state index is 13.3. The van der Waals surface area contributed by atoms with Crippen molar-refractivity contribution in [1.82, 2.24) is 0 Å². The van der Waals surface area contributed by atoms with Gasteiger partial charge in [-0.05, 0) is 38.5 Å². The molecule has 2 rings (SSSR count). The summed E-state index contributed by atoms with van der Waals surface area (Å²) < 4.78 is 11.8. The predicted molar refractivity (Wildman–Crippen MR) is 104 cm³/mol. The van der Waals surface area contributed by atoms with Crippen LogP contribution in [0, 0.1) is 29.6 Å². The molecule has 0 amide bonds. The number of hydrogen-bond acceptors (Lipinski definition) is 4. The molecule has 3 unspecified atom stereocenters. The van der Waals surface area contributed by atoms with E-state index in [1.54, 1.807) is 0 Å². The summed E-state index contributed by atoms with van der Waals surface area (Å²) in [6.45, 7) is 14.9. The highest BCUT2D eigenvalue weighted by Crippen LogP contribution is 2.51. The number of carbonyl (C=O) groups is 1. The summed E-state index contributed by atoms with van der Waals surface area (Å²) in [5, 5.41) is 10.4. The first-order chi connectivity index (χ1) is 12.1. The van der Waals surface area contributed by atoms with E-state index in [0.29, 0.717) is 25.4 Å². The Labute approximate surface area is 159 Å². The van der Waals surface area contributed by atoms with Gasteiger partial charge in [-0.15, -0.1) is 0 Å². The van der Waals surface area contributed by atoms with Crippen LogP contribution >= 0.6 is 0 Å². The van der Waals surface area contributed by atoms with Gasteiger partial charge in [0.15, 0.2) is 5.79 Å². The molecule has 0 aromatic heterocycles. The lowest BCUT2D eigenvalue weighted by Crippen LogP contribution is -2.48. The molecular weight excluding hydrogens is 328 g/mol. The van der Waals surface area contributed by atoms with Gasteiger partial charge in [0, 0.05) is 24.2 Å². The van der Waals surface area contributed by atoms with Gasteiger partial charge in [0.1, 0.15) is 5.78 Å². The van der Waals surface area contributed by atoms with Gasteiger partial charge < -0.3 is 14.6 Å². The average molecular weight is 367 g/mol. The number of rotatable bonds is 8. The Hall–Kier alpha value is -0.710. The Morgan fingerprint density at radius 1 is 1.35 bits per heavy atom. The van der Waals surface area contributed by atoms with Gasteiger partial charge >= 0.3 is 0 Å². The normalized spacial score (nSPS) is 41.0. The first kappa shape index (κ1) is 21.6. The van der Waals surface area contributed by atoms with Gasteiger partial charge in [-0.2, -0.15) is 0 Å². The molecule has 0 spiro atoms. The molecule has 4 heteroatoms. The molecule has 0 bridgehead atoms. The molecule has 0 radical (unpaired) electrons. The van der Waals surface area contributed by atoms with Gasteiger partial charge in [0.2, 0.25) is 0 Å². The zero-order chi connectivity index (χ0) is 19.7. The van der Waals surface area contributed by atoms with Crippen molar-refractivity contribution in [2.45, 2.75) is 85.2 Å². The molecule has 0 saturated carbocycles. The van der Waals surface area contributed by atoms with Crippen LogP contribution in [0.3, 0.4) is 0 Å². The average Bonchev–Trinajstić information content (AvgIpc) is 3.29. The van der Waals surface area contributed by atoms with Gasteiger partial charge in [-0.1, -0.05) is 46.8 Å². The van der Waals surface area contributed by atoms with Crippen molar-refractivity contribution in [3.05, 3.63) is 12.2 Å². The van der Waals surface area contributed by atoms with Crippen molar-refractivity contribution in [1.29, 1.82) is 0 Å². The molecule has 2 fully saturated rings. The lowest BCUT2D eigenvalue weighted by Gasteiger charge is -2.41. The number of hydrogen-bond donors (Lipinski definition) is 1. The Bertz CT molecular complexity index is 530. The van der Waals surface area contributed by atoms with E-state index in [4.69, 9.17) is 9.47 Å². The molecule has 0 aliphatic carbocycles. The maximum atomic E-state index is 13.3. The predicted octanol–water partition coefficient (Wildman–Crippen LogP) is 4.36.